The first-order valence-corrected chi connectivity index (χ1v) is 8.33. The zero-order chi connectivity index (χ0) is 17.8. The van der Waals surface area contributed by atoms with Crippen molar-refractivity contribution in [2.45, 2.75) is 51.7 Å². The summed E-state index contributed by atoms with van der Waals surface area (Å²) in [6.45, 7) is 3.51. The van der Waals surface area contributed by atoms with Crippen molar-refractivity contribution in [2.24, 2.45) is 0 Å². The highest BCUT2D eigenvalue weighted by Crippen LogP contribution is 2.24. The number of nitrogens with one attached hydrogen (secondary N) is 1. The van der Waals surface area contributed by atoms with Gasteiger partial charge in [0.25, 0.3) is 5.91 Å². The van der Waals surface area contributed by atoms with Crippen molar-refractivity contribution in [1.82, 2.24) is 20.4 Å². The molecule has 0 radical (unpaired) electrons. The van der Waals surface area contributed by atoms with Crippen LogP contribution in [0.1, 0.15) is 47.5 Å². The molecule has 0 unspecified atom stereocenters. The number of aromatic nitrogens is 3. The van der Waals surface area contributed by atoms with Gasteiger partial charge in [-0.15, -0.1) is 0 Å². The number of amides is 1. The fourth-order valence-electron chi connectivity index (χ4n) is 3.05. The second kappa shape index (κ2) is 7.50. The van der Waals surface area contributed by atoms with E-state index in [-0.39, 0.29) is 18.1 Å². The smallest absolute Gasteiger partial charge is 0.257 e. The maximum absolute atomic E-state index is 12.4. The van der Waals surface area contributed by atoms with Crippen LogP contribution in [-0.2, 0) is 0 Å². The second-order valence-corrected chi connectivity index (χ2v) is 6.16. The maximum atomic E-state index is 12.4. The van der Waals surface area contributed by atoms with Gasteiger partial charge in [-0.1, -0.05) is 5.16 Å². The average molecular weight is 346 g/mol. The number of hydrogen-bond acceptors (Lipinski definition) is 7. The predicted molar refractivity (Wildman–Crippen MR) is 88.7 cm³/mol. The van der Waals surface area contributed by atoms with Crippen molar-refractivity contribution in [3.05, 3.63) is 29.4 Å². The van der Waals surface area contributed by atoms with E-state index in [0.29, 0.717) is 28.8 Å². The monoisotopic (exact) mass is 346 g/mol. The van der Waals surface area contributed by atoms with E-state index in [2.05, 4.69) is 20.4 Å². The molecular formula is C17H22N4O4. The first-order valence-electron chi connectivity index (χ1n) is 8.33. The molecule has 1 amide bonds. The van der Waals surface area contributed by atoms with E-state index in [4.69, 9.17) is 14.0 Å². The van der Waals surface area contributed by atoms with Crippen LogP contribution in [0.15, 0.2) is 16.9 Å². The van der Waals surface area contributed by atoms with Crippen LogP contribution in [0.4, 0.5) is 0 Å². The Balaban J connectivity index is 1.51. The molecule has 0 saturated heterocycles. The van der Waals surface area contributed by atoms with E-state index in [9.17, 15) is 4.79 Å². The second-order valence-electron chi connectivity index (χ2n) is 6.16. The lowest BCUT2D eigenvalue weighted by Gasteiger charge is -2.29. The third-order valence-corrected chi connectivity index (χ3v) is 4.36. The van der Waals surface area contributed by atoms with Crippen molar-refractivity contribution in [1.29, 1.82) is 0 Å². The molecule has 134 valence electrons. The third-order valence-electron chi connectivity index (χ3n) is 4.36. The largest absolute Gasteiger partial charge is 0.480 e. The molecule has 0 aromatic carbocycles. The van der Waals surface area contributed by atoms with Crippen LogP contribution in [0, 0.1) is 13.8 Å². The molecule has 25 heavy (non-hydrogen) atoms. The molecular weight excluding hydrogens is 324 g/mol. The highest BCUT2D eigenvalue weighted by atomic mass is 16.5. The van der Waals surface area contributed by atoms with Gasteiger partial charge in [-0.05, 0) is 39.5 Å². The van der Waals surface area contributed by atoms with Crippen LogP contribution >= 0.6 is 0 Å². The van der Waals surface area contributed by atoms with Gasteiger partial charge in [-0.2, -0.15) is 4.98 Å². The summed E-state index contributed by atoms with van der Waals surface area (Å²) in [6.07, 6.45) is 6.54. The van der Waals surface area contributed by atoms with Crippen LogP contribution in [0.2, 0.25) is 0 Å². The van der Waals surface area contributed by atoms with Crippen molar-refractivity contribution < 1.29 is 18.8 Å². The summed E-state index contributed by atoms with van der Waals surface area (Å²) >= 11 is 0. The van der Waals surface area contributed by atoms with E-state index < -0.39 is 0 Å². The standard InChI is InChI=1S/C17H22N4O4/c1-10-16(11(2)25-21-10)17(22)19-12-4-6-13(7-5-12)24-15-9-18-8-14(20-15)23-3/h8-9,12-13H,4-7H2,1-3H3,(H,19,22). The summed E-state index contributed by atoms with van der Waals surface area (Å²) in [6, 6.07) is 0.123. The number of carbonyl (C=O) groups is 1. The number of ether oxygens (including phenoxy) is 2. The van der Waals surface area contributed by atoms with E-state index in [0.717, 1.165) is 25.7 Å². The summed E-state index contributed by atoms with van der Waals surface area (Å²) in [5.41, 5.74) is 1.15. The van der Waals surface area contributed by atoms with E-state index >= 15 is 0 Å². The quantitative estimate of drug-likeness (QED) is 0.886. The molecule has 8 heteroatoms. The third kappa shape index (κ3) is 4.07. The van der Waals surface area contributed by atoms with Gasteiger partial charge in [0.15, 0.2) is 0 Å². The van der Waals surface area contributed by atoms with Crippen molar-refractivity contribution >= 4 is 5.91 Å². The number of rotatable bonds is 5. The summed E-state index contributed by atoms with van der Waals surface area (Å²) in [4.78, 5) is 20.6. The van der Waals surface area contributed by atoms with Gasteiger partial charge >= 0.3 is 0 Å². The molecule has 0 spiro atoms. The van der Waals surface area contributed by atoms with Gasteiger partial charge in [0, 0.05) is 6.04 Å². The highest BCUT2D eigenvalue weighted by molar-refractivity contribution is 5.96. The Morgan fingerprint density at radius 3 is 2.56 bits per heavy atom. The molecule has 2 aromatic rings. The molecule has 1 saturated carbocycles. The van der Waals surface area contributed by atoms with Crippen LogP contribution in [0.25, 0.3) is 0 Å². The number of methoxy groups -OCH3 is 1. The zero-order valence-corrected chi connectivity index (χ0v) is 14.6. The highest BCUT2D eigenvalue weighted by Gasteiger charge is 2.26. The van der Waals surface area contributed by atoms with Gasteiger partial charge in [0.2, 0.25) is 11.8 Å². The number of nitrogens with zero attached hydrogens (tertiary/aromatic N) is 3. The minimum absolute atomic E-state index is 0.0635. The minimum atomic E-state index is -0.126. The Morgan fingerprint density at radius 1 is 1.20 bits per heavy atom. The molecule has 2 aromatic heterocycles. The molecule has 1 aliphatic carbocycles. The summed E-state index contributed by atoms with van der Waals surface area (Å²) in [5, 5.41) is 6.89. The molecule has 0 bridgehead atoms. The fraction of sp³-hybridized carbons (Fsp3) is 0.529. The number of aryl methyl sites for hydroxylation is 2. The fourth-order valence-corrected chi connectivity index (χ4v) is 3.05. The first-order chi connectivity index (χ1) is 12.1. The van der Waals surface area contributed by atoms with Crippen LogP contribution in [0.3, 0.4) is 0 Å². The van der Waals surface area contributed by atoms with Gasteiger partial charge in [-0.25, -0.2) is 0 Å². The Labute approximate surface area is 145 Å². The van der Waals surface area contributed by atoms with E-state index in [1.54, 1.807) is 27.2 Å². The SMILES string of the molecule is COc1cncc(OC2CCC(NC(=O)c3c(C)noc3C)CC2)n1. The molecule has 1 aliphatic rings. The Hall–Kier alpha value is -2.64. The Bertz CT molecular complexity index is 718. The number of hydrogen-bond donors (Lipinski definition) is 1. The molecule has 1 N–H and O–H groups in total. The summed E-state index contributed by atoms with van der Waals surface area (Å²) < 4.78 is 16.0. The van der Waals surface area contributed by atoms with Crippen molar-refractivity contribution in [3.63, 3.8) is 0 Å². The van der Waals surface area contributed by atoms with Crippen LogP contribution < -0.4 is 14.8 Å². The van der Waals surface area contributed by atoms with Crippen LogP contribution in [0.5, 0.6) is 11.8 Å². The van der Waals surface area contributed by atoms with Crippen LogP contribution in [-0.4, -0.2) is 40.3 Å². The Kier molecular flexibility index (Phi) is 5.16. The summed E-state index contributed by atoms with van der Waals surface area (Å²) in [7, 11) is 1.54. The minimum Gasteiger partial charge on any atom is -0.480 e. The zero-order valence-electron chi connectivity index (χ0n) is 14.6. The van der Waals surface area contributed by atoms with Crippen molar-refractivity contribution in [3.8, 4) is 11.8 Å². The average Bonchev–Trinajstić information content (AvgIpc) is 2.95. The predicted octanol–water partition coefficient (Wildman–Crippen LogP) is 2.21. The van der Waals surface area contributed by atoms with E-state index in [1.165, 1.54) is 6.20 Å². The van der Waals surface area contributed by atoms with Gasteiger partial charge in [0.1, 0.15) is 17.4 Å². The lowest BCUT2D eigenvalue weighted by Crippen LogP contribution is -2.40. The normalized spacial score (nSPS) is 20.1. The van der Waals surface area contributed by atoms with Gasteiger partial charge in [-0.3, -0.25) is 9.78 Å². The molecule has 3 rings (SSSR count). The topological polar surface area (TPSA) is 99.4 Å². The molecule has 1 fully saturated rings. The molecule has 2 heterocycles. The molecule has 8 nitrogen and oxygen atoms in total. The lowest BCUT2D eigenvalue weighted by molar-refractivity contribution is 0.0887. The van der Waals surface area contributed by atoms with Gasteiger partial charge in [0.05, 0.1) is 25.2 Å². The maximum Gasteiger partial charge on any atom is 0.257 e. The molecule has 0 atom stereocenters. The molecule has 0 aliphatic heterocycles. The first kappa shape index (κ1) is 17.2. The van der Waals surface area contributed by atoms with Gasteiger partial charge < -0.3 is 19.3 Å². The summed E-state index contributed by atoms with van der Waals surface area (Å²) in [5.74, 6) is 1.31. The lowest BCUT2D eigenvalue weighted by atomic mass is 9.92. The Morgan fingerprint density at radius 2 is 1.92 bits per heavy atom. The number of carbonyl (C=O) groups excluding carboxylic acids is 1. The van der Waals surface area contributed by atoms with E-state index in [1.807, 2.05) is 0 Å². The van der Waals surface area contributed by atoms with Crippen molar-refractivity contribution in [2.75, 3.05) is 7.11 Å².